The second kappa shape index (κ2) is 5.86. The van der Waals surface area contributed by atoms with Crippen LogP contribution in [0.4, 0.5) is 8.78 Å². The number of rotatable bonds is 2. The van der Waals surface area contributed by atoms with Gasteiger partial charge in [-0.25, -0.2) is 8.78 Å². The minimum absolute atomic E-state index is 0. The lowest BCUT2D eigenvalue weighted by molar-refractivity contribution is 0.528. The zero-order valence-electron chi connectivity index (χ0n) is 7.51. The molecule has 0 aliphatic rings. The van der Waals surface area contributed by atoms with Gasteiger partial charge < -0.3 is 5.73 Å². The fraction of sp³-hybridized carbons (Fsp3) is 0.222. The molecule has 1 aromatic carbocycles. The van der Waals surface area contributed by atoms with Crippen LogP contribution in [0.5, 0.6) is 0 Å². The van der Waals surface area contributed by atoms with E-state index in [2.05, 4.69) is 0 Å². The van der Waals surface area contributed by atoms with E-state index in [1.54, 1.807) is 6.07 Å². The zero-order valence-corrected chi connectivity index (χ0v) is 9.08. The van der Waals surface area contributed by atoms with Gasteiger partial charge in [0.05, 0.1) is 12.5 Å². The number of nitrogens with zero attached hydrogens (tertiary/aromatic N) is 1. The van der Waals surface area contributed by atoms with Crippen molar-refractivity contribution in [3.63, 3.8) is 0 Å². The summed E-state index contributed by atoms with van der Waals surface area (Å²) in [6.45, 7) is 0. The van der Waals surface area contributed by atoms with Crippen LogP contribution in [0.15, 0.2) is 12.1 Å². The van der Waals surface area contributed by atoms with Gasteiger partial charge in [0, 0.05) is 16.6 Å². The molecule has 0 heterocycles. The van der Waals surface area contributed by atoms with Gasteiger partial charge in [-0.2, -0.15) is 5.26 Å². The summed E-state index contributed by atoms with van der Waals surface area (Å²) >= 11 is 5.42. The van der Waals surface area contributed by atoms with E-state index < -0.39 is 17.7 Å². The minimum Gasteiger partial charge on any atom is -0.323 e. The van der Waals surface area contributed by atoms with Crippen molar-refractivity contribution in [1.29, 1.82) is 5.26 Å². The molecule has 15 heavy (non-hydrogen) atoms. The van der Waals surface area contributed by atoms with Gasteiger partial charge >= 0.3 is 0 Å². The van der Waals surface area contributed by atoms with Crippen molar-refractivity contribution in [2.75, 3.05) is 0 Å². The Hall–Kier alpha value is -0.890. The maximum Gasteiger partial charge on any atom is 0.132 e. The fourth-order valence-electron chi connectivity index (χ4n) is 1.11. The Morgan fingerprint density at radius 1 is 1.40 bits per heavy atom. The molecule has 0 aliphatic carbocycles. The predicted octanol–water partition coefficient (Wildman–Crippen LogP) is 2.95. The van der Waals surface area contributed by atoms with Gasteiger partial charge in [-0.15, -0.1) is 12.4 Å². The van der Waals surface area contributed by atoms with E-state index in [4.69, 9.17) is 22.6 Å². The third-order valence-corrected chi connectivity index (χ3v) is 1.94. The molecule has 2 N–H and O–H groups in total. The van der Waals surface area contributed by atoms with Gasteiger partial charge in [0.2, 0.25) is 0 Å². The van der Waals surface area contributed by atoms with E-state index in [0.717, 1.165) is 12.1 Å². The molecule has 0 aromatic heterocycles. The van der Waals surface area contributed by atoms with Crippen LogP contribution in [0.2, 0.25) is 5.02 Å². The molecule has 0 saturated heterocycles. The lowest BCUT2D eigenvalue weighted by Crippen LogP contribution is -2.13. The first-order valence-electron chi connectivity index (χ1n) is 3.83. The van der Waals surface area contributed by atoms with E-state index in [0.29, 0.717) is 0 Å². The van der Waals surface area contributed by atoms with Crippen molar-refractivity contribution in [2.24, 2.45) is 5.73 Å². The van der Waals surface area contributed by atoms with Crippen molar-refractivity contribution in [2.45, 2.75) is 12.5 Å². The number of hydrogen-bond donors (Lipinski definition) is 1. The van der Waals surface area contributed by atoms with Gasteiger partial charge in [0.1, 0.15) is 11.6 Å². The van der Waals surface area contributed by atoms with Crippen LogP contribution in [0.3, 0.4) is 0 Å². The standard InChI is InChI=1S/C9H7ClF2N2.ClH/c10-5-3-6(11)9(7(12)4-5)8(14)1-2-13;/h3-4,8H,1,14H2;1H/t8-;/m0./s1. The monoisotopic (exact) mass is 252 g/mol. The van der Waals surface area contributed by atoms with Crippen LogP contribution >= 0.6 is 24.0 Å². The highest BCUT2D eigenvalue weighted by Crippen LogP contribution is 2.24. The van der Waals surface area contributed by atoms with Crippen LogP contribution in [0.1, 0.15) is 18.0 Å². The summed E-state index contributed by atoms with van der Waals surface area (Å²) in [6, 6.07) is 2.72. The van der Waals surface area contributed by atoms with Crippen LogP contribution in [-0.4, -0.2) is 0 Å². The molecule has 1 aromatic rings. The first kappa shape index (κ1) is 14.1. The Morgan fingerprint density at radius 2 is 1.87 bits per heavy atom. The van der Waals surface area contributed by atoms with E-state index in [-0.39, 0.29) is 29.4 Å². The van der Waals surface area contributed by atoms with Gasteiger partial charge in [-0.1, -0.05) is 11.6 Å². The maximum atomic E-state index is 13.2. The summed E-state index contributed by atoms with van der Waals surface area (Å²) < 4.78 is 26.3. The Kier molecular flexibility index (Phi) is 5.51. The average molecular weight is 253 g/mol. The van der Waals surface area contributed by atoms with Gasteiger partial charge in [-0.3, -0.25) is 0 Å². The number of halogens is 4. The minimum atomic E-state index is -0.961. The van der Waals surface area contributed by atoms with Gasteiger partial charge in [0.25, 0.3) is 0 Å². The number of benzene rings is 1. The van der Waals surface area contributed by atoms with Crippen LogP contribution in [-0.2, 0) is 0 Å². The quantitative estimate of drug-likeness (QED) is 0.880. The second-order valence-electron chi connectivity index (χ2n) is 2.75. The van der Waals surface area contributed by atoms with Gasteiger partial charge in [-0.05, 0) is 12.1 Å². The number of nitrogens with two attached hydrogens (primary N) is 1. The van der Waals surface area contributed by atoms with E-state index in [1.807, 2.05) is 0 Å². The highest BCUT2D eigenvalue weighted by Gasteiger charge is 2.17. The van der Waals surface area contributed by atoms with Crippen molar-refractivity contribution in [1.82, 2.24) is 0 Å². The van der Waals surface area contributed by atoms with E-state index in [1.165, 1.54) is 0 Å². The average Bonchev–Trinajstić information content (AvgIpc) is 2.01. The van der Waals surface area contributed by atoms with Crippen LogP contribution in [0.25, 0.3) is 0 Å². The summed E-state index contributed by atoms with van der Waals surface area (Å²) in [5.74, 6) is -1.64. The van der Waals surface area contributed by atoms with Crippen molar-refractivity contribution in [3.8, 4) is 6.07 Å². The molecule has 6 heteroatoms. The SMILES string of the molecule is Cl.N#CC[C@H](N)c1c(F)cc(Cl)cc1F. The summed E-state index contributed by atoms with van der Waals surface area (Å²) in [7, 11) is 0. The summed E-state index contributed by atoms with van der Waals surface area (Å²) in [5, 5.41) is 8.30. The zero-order chi connectivity index (χ0) is 10.7. The molecule has 1 rings (SSSR count). The summed E-state index contributed by atoms with van der Waals surface area (Å²) in [6.07, 6.45) is -0.143. The molecular formula is C9H8Cl2F2N2. The molecule has 0 aliphatic heterocycles. The second-order valence-corrected chi connectivity index (χ2v) is 3.19. The largest absolute Gasteiger partial charge is 0.323 e. The van der Waals surface area contributed by atoms with Crippen molar-refractivity contribution < 1.29 is 8.78 Å². The molecule has 0 unspecified atom stereocenters. The summed E-state index contributed by atoms with van der Waals surface area (Å²) in [5.41, 5.74) is 5.12. The molecule has 0 saturated carbocycles. The highest BCUT2D eigenvalue weighted by atomic mass is 35.5. The van der Waals surface area contributed by atoms with Crippen molar-refractivity contribution in [3.05, 3.63) is 34.4 Å². The maximum absolute atomic E-state index is 13.2. The number of nitriles is 1. The topological polar surface area (TPSA) is 49.8 Å². The first-order chi connectivity index (χ1) is 6.56. The molecule has 0 fully saturated rings. The predicted molar refractivity (Wildman–Crippen MR) is 55.8 cm³/mol. The third-order valence-electron chi connectivity index (χ3n) is 1.73. The Balaban J connectivity index is 0.00000196. The van der Waals surface area contributed by atoms with Crippen LogP contribution < -0.4 is 5.73 Å². The molecule has 1 atom stereocenters. The highest BCUT2D eigenvalue weighted by molar-refractivity contribution is 6.30. The molecular weight excluding hydrogens is 245 g/mol. The Labute approximate surface area is 97.0 Å². The Bertz CT molecular complexity index is 367. The number of hydrogen-bond acceptors (Lipinski definition) is 2. The molecule has 0 amide bonds. The smallest absolute Gasteiger partial charge is 0.132 e. The van der Waals surface area contributed by atoms with Crippen LogP contribution in [0, 0.1) is 23.0 Å². The molecule has 0 radical (unpaired) electrons. The third kappa shape index (κ3) is 3.31. The van der Waals surface area contributed by atoms with Crippen molar-refractivity contribution >= 4 is 24.0 Å². The molecule has 0 bridgehead atoms. The lowest BCUT2D eigenvalue weighted by atomic mass is 10.0. The molecule has 82 valence electrons. The normalized spacial score (nSPS) is 11.4. The van der Waals surface area contributed by atoms with E-state index >= 15 is 0 Å². The van der Waals surface area contributed by atoms with E-state index in [9.17, 15) is 8.78 Å². The fourth-order valence-corrected chi connectivity index (χ4v) is 1.30. The molecule has 2 nitrogen and oxygen atoms in total. The lowest BCUT2D eigenvalue weighted by Gasteiger charge is -2.10. The Morgan fingerprint density at radius 3 is 2.27 bits per heavy atom. The summed E-state index contributed by atoms with van der Waals surface area (Å²) in [4.78, 5) is 0. The first-order valence-corrected chi connectivity index (χ1v) is 4.21. The molecule has 0 spiro atoms. The van der Waals surface area contributed by atoms with Gasteiger partial charge in [0.15, 0.2) is 0 Å².